The number of aryl methyl sites for hydroxylation is 1. The van der Waals surface area contributed by atoms with Crippen molar-refractivity contribution in [3.63, 3.8) is 0 Å². The number of aromatic nitrogens is 4. The lowest BCUT2D eigenvalue weighted by molar-refractivity contribution is -0.125. The van der Waals surface area contributed by atoms with Gasteiger partial charge in [0.25, 0.3) is 0 Å². The van der Waals surface area contributed by atoms with Gasteiger partial charge in [0, 0.05) is 38.4 Å². The highest BCUT2D eigenvalue weighted by Crippen LogP contribution is 2.19. The molecule has 1 fully saturated rings. The molecule has 4 rings (SSSR count). The molecule has 0 atom stereocenters. The third kappa shape index (κ3) is 2.92. The van der Waals surface area contributed by atoms with Gasteiger partial charge in [0.1, 0.15) is 18.7 Å². The van der Waals surface area contributed by atoms with E-state index in [0.29, 0.717) is 25.0 Å². The number of fused-ring (bicyclic) bond motifs is 1. The zero-order valence-electron chi connectivity index (χ0n) is 14.3. The highest BCUT2D eigenvalue weighted by Gasteiger charge is 2.35. The van der Waals surface area contributed by atoms with Crippen molar-refractivity contribution in [1.82, 2.24) is 29.7 Å². The quantitative estimate of drug-likeness (QED) is 0.613. The Balaban J connectivity index is 1.38. The van der Waals surface area contributed by atoms with E-state index in [9.17, 15) is 9.59 Å². The molecular formula is C17H18N6O3. The van der Waals surface area contributed by atoms with Gasteiger partial charge in [0.2, 0.25) is 5.91 Å². The average Bonchev–Trinajstić information content (AvgIpc) is 3.31. The summed E-state index contributed by atoms with van der Waals surface area (Å²) >= 11 is 0. The molecule has 0 spiro atoms. The first-order valence-corrected chi connectivity index (χ1v) is 8.39. The molecule has 3 heterocycles. The topological polar surface area (TPSA) is 97.4 Å². The first-order chi connectivity index (χ1) is 12.6. The number of carbonyl (C=O) groups is 2. The number of amides is 3. The maximum Gasteiger partial charge on any atom is 0.327 e. The molecule has 3 amide bonds. The van der Waals surface area contributed by atoms with Crippen LogP contribution in [0.3, 0.4) is 0 Å². The summed E-state index contributed by atoms with van der Waals surface area (Å²) in [5.74, 6) is 0.582. The van der Waals surface area contributed by atoms with Crippen molar-refractivity contribution in [3.05, 3.63) is 42.1 Å². The molecule has 26 heavy (non-hydrogen) atoms. The van der Waals surface area contributed by atoms with Crippen molar-refractivity contribution >= 4 is 22.9 Å². The molecule has 0 N–H and O–H groups in total. The van der Waals surface area contributed by atoms with E-state index in [1.54, 1.807) is 11.7 Å². The molecule has 1 aliphatic heterocycles. The number of imide groups is 1. The lowest BCUT2D eigenvalue weighted by Gasteiger charge is -2.16. The highest BCUT2D eigenvalue weighted by atomic mass is 16.5. The van der Waals surface area contributed by atoms with Crippen LogP contribution in [0.1, 0.15) is 11.5 Å². The molecule has 134 valence electrons. The second kappa shape index (κ2) is 6.58. The van der Waals surface area contributed by atoms with E-state index in [1.807, 2.05) is 24.3 Å². The van der Waals surface area contributed by atoms with Gasteiger partial charge >= 0.3 is 6.03 Å². The fourth-order valence-corrected chi connectivity index (χ4v) is 3.11. The van der Waals surface area contributed by atoms with Crippen molar-refractivity contribution in [2.45, 2.75) is 12.8 Å². The van der Waals surface area contributed by atoms with Gasteiger partial charge in [-0.25, -0.2) is 9.78 Å². The molecule has 1 saturated heterocycles. The van der Waals surface area contributed by atoms with Crippen LogP contribution in [0.15, 0.2) is 35.1 Å². The summed E-state index contributed by atoms with van der Waals surface area (Å²) in [6.45, 7) is 0.811. The van der Waals surface area contributed by atoms with E-state index in [0.717, 1.165) is 16.9 Å². The predicted molar refractivity (Wildman–Crippen MR) is 91.1 cm³/mol. The lowest BCUT2D eigenvalue weighted by atomic mass is 10.2. The van der Waals surface area contributed by atoms with Crippen molar-refractivity contribution in [3.8, 4) is 0 Å². The third-order valence-electron chi connectivity index (χ3n) is 4.56. The Kier molecular flexibility index (Phi) is 4.11. The zero-order chi connectivity index (χ0) is 18.1. The Morgan fingerprint density at radius 1 is 1.15 bits per heavy atom. The largest absolute Gasteiger partial charge is 0.356 e. The van der Waals surface area contributed by atoms with Crippen LogP contribution in [0.2, 0.25) is 0 Å². The molecule has 1 aromatic carbocycles. The molecule has 0 unspecified atom stereocenters. The third-order valence-corrected chi connectivity index (χ3v) is 4.56. The summed E-state index contributed by atoms with van der Waals surface area (Å²) in [6.07, 6.45) is 2.49. The molecule has 0 radical (unpaired) electrons. The van der Waals surface area contributed by atoms with Crippen LogP contribution in [-0.4, -0.2) is 61.3 Å². The van der Waals surface area contributed by atoms with Gasteiger partial charge in [-0.05, 0) is 12.1 Å². The van der Waals surface area contributed by atoms with Crippen molar-refractivity contribution in [2.24, 2.45) is 7.05 Å². The molecule has 0 aliphatic carbocycles. The predicted octanol–water partition coefficient (Wildman–Crippen LogP) is 1.01. The first-order valence-electron chi connectivity index (χ1n) is 8.39. The fraction of sp³-hybridized carbons (Fsp3) is 0.353. The molecule has 0 bridgehead atoms. The van der Waals surface area contributed by atoms with E-state index in [2.05, 4.69) is 15.2 Å². The fourth-order valence-electron chi connectivity index (χ4n) is 3.11. The van der Waals surface area contributed by atoms with Crippen molar-refractivity contribution in [1.29, 1.82) is 0 Å². The highest BCUT2D eigenvalue weighted by molar-refractivity contribution is 6.02. The summed E-state index contributed by atoms with van der Waals surface area (Å²) in [4.78, 5) is 31.7. The number of rotatable bonds is 6. The summed E-state index contributed by atoms with van der Waals surface area (Å²) in [5.41, 5.74) is 1.45. The van der Waals surface area contributed by atoms with Crippen LogP contribution in [-0.2, 0) is 24.7 Å². The Labute approximate surface area is 149 Å². The normalized spacial score (nSPS) is 14.8. The summed E-state index contributed by atoms with van der Waals surface area (Å²) in [6, 6.07) is 7.27. The van der Waals surface area contributed by atoms with E-state index in [-0.39, 0.29) is 25.0 Å². The molecule has 9 heteroatoms. The Morgan fingerprint density at radius 2 is 2.00 bits per heavy atom. The van der Waals surface area contributed by atoms with Crippen LogP contribution < -0.4 is 0 Å². The number of carbonyl (C=O) groups excluding carboxylic acids is 2. The summed E-state index contributed by atoms with van der Waals surface area (Å²) in [5, 5.41) is 8.96. The van der Waals surface area contributed by atoms with Crippen LogP contribution in [0, 0.1) is 0 Å². The van der Waals surface area contributed by atoms with Crippen molar-refractivity contribution < 1.29 is 14.1 Å². The SMILES string of the molecule is Cn1ncnc1CCN1CC(=O)N(CCc2noc3ccccc23)C1=O. The lowest BCUT2D eigenvalue weighted by Crippen LogP contribution is -2.35. The number of hydrogen-bond donors (Lipinski definition) is 0. The Bertz CT molecular complexity index is 962. The Hall–Kier alpha value is -3.23. The van der Waals surface area contributed by atoms with Gasteiger partial charge < -0.3 is 9.42 Å². The van der Waals surface area contributed by atoms with Crippen molar-refractivity contribution in [2.75, 3.05) is 19.6 Å². The summed E-state index contributed by atoms with van der Waals surface area (Å²) in [7, 11) is 1.80. The Morgan fingerprint density at radius 3 is 2.81 bits per heavy atom. The summed E-state index contributed by atoms with van der Waals surface area (Å²) < 4.78 is 6.93. The molecular weight excluding hydrogens is 336 g/mol. The molecule has 3 aromatic rings. The number of urea groups is 1. The maximum absolute atomic E-state index is 12.5. The second-order valence-electron chi connectivity index (χ2n) is 6.17. The van der Waals surface area contributed by atoms with Gasteiger partial charge in [-0.15, -0.1) is 0 Å². The van der Waals surface area contributed by atoms with Crippen LogP contribution in [0.4, 0.5) is 4.79 Å². The van der Waals surface area contributed by atoms with Gasteiger partial charge in [-0.3, -0.25) is 14.4 Å². The maximum atomic E-state index is 12.5. The monoisotopic (exact) mass is 354 g/mol. The van der Waals surface area contributed by atoms with Gasteiger partial charge in [-0.1, -0.05) is 17.3 Å². The van der Waals surface area contributed by atoms with Gasteiger partial charge in [0.15, 0.2) is 5.58 Å². The minimum atomic E-state index is -0.273. The second-order valence-corrected chi connectivity index (χ2v) is 6.17. The van der Waals surface area contributed by atoms with Gasteiger partial charge in [0.05, 0.1) is 5.69 Å². The minimum Gasteiger partial charge on any atom is -0.356 e. The number of hydrogen-bond acceptors (Lipinski definition) is 6. The van der Waals surface area contributed by atoms with Crippen LogP contribution in [0.25, 0.3) is 11.0 Å². The minimum absolute atomic E-state index is 0.0935. The van der Waals surface area contributed by atoms with E-state index in [1.165, 1.54) is 16.1 Å². The van der Waals surface area contributed by atoms with E-state index < -0.39 is 0 Å². The molecule has 0 saturated carbocycles. The van der Waals surface area contributed by atoms with Crippen LogP contribution >= 0.6 is 0 Å². The average molecular weight is 354 g/mol. The molecule has 2 aromatic heterocycles. The number of benzene rings is 1. The molecule has 1 aliphatic rings. The zero-order valence-corrected chi connectivity index (χ0v) is 14.3. The smallest absolute Gasteiger partial charge is 0.327 e. The number of nitrogens with zero attached hydrogens (tertiary/aromatic N) is 6. The van der Waals surface area contributed by atoms with Gasteiger partial charge in [-0.2, -0.15) is 5.10 Å². The van der Waals surface area contributed by atoms with Crippen LogP contribution in [0.5, 0.6) is 0 Å². The standard InChI is InChI=1S/C17H18N6O3/c1-21-15(18-11-19-21)7-8-22-10-16(24)23(17(22)25)9-6-13-12-4-2-3-5-14(12)26-20-13/h2-5,11H,6-10H2,1H3. The van der Waals surface area contributed by atoms with E-state index >= 15 is 0 Å². The molecule has 9 nitrogen and oxygen atoms in total. The first kappa shape index (κ1) is 16.2. The van der Waals surface area contributed by atoms with E-state index in [4.69, 9.17) is 4.52 Å². The number of para-hydroxylation sites is 1.